The Morgan fingerprint density at radius 2 is 1.74 bits per heavy atom. The number of carbonyl (C=O) groups excluding carboxylic acids is 3. The minimum Gasteiger partial charge on any atom is -0.456 e. The van der Waals surface area contributed by atoms with Crippen LogP contribution in [0.25, 0.3) is 0 Å². The molecule has 1 fully saturated rings. The van der Waals surface area contributed by atoms with Gasteiger partial charge in [0.15, 0.2) is 0 Å². The van der Waals surface area contributed by atoms with Crippen LogP contribution in [0.4, 0.5) is 10.6 Å². The van der Waals surface area contributed by atoms with E-state index in [-0.39, 0.29) is 31.2 Å². The molecule has 2 amide bonds. The quantitative estimate of drug-likeness (QED) is 0.205. The highest BCUT2D eigenvalue weighted by molar-refractivity contribution is 5.90. The highest BCUT2D eigenvalue weighted by atomic mass is 16.6. The number of hydrogen-bond acceptors (Lipinski definition) is 9. The molecule has 0 radical (unpaired) electrons. The van der Waals surface area contributed by atoms with Crippen LogP contribution in [0, 0.1) is 0 Å². The first kappa shape index (κ1) is 30.4. The summed E-state index contributed by atoms with van der Waals surface area (Å²) in [6, 6.07) is 19.3. The van der Waals surface area contributed by atoms with Crippen LogP contribution < -0.4 is 16.3 Å². The molecule has 12 heteroatoms. The molecule has 1 saturated heterocycles. The summed E-state index contributed by atoms with van der Waals surface area (Å²) in [5, 5.41) is 15.0. The lowest BCUT2D eigenvalue weighted by molar-refractivity contribution is -0.116. The molecule has 12 nitrogen and oxygen atoms in total. The number of alkyl carbamates (subject to hydrolysis) is 1. The number of nitrogens with zero attached hydrogens (tertiary/aromatic N) is 2. The molecule has 3 N–H and O–H groups in total. The van der Waals surface area contributed by atoms with Gasteiger partial charge in [-0.3, -0.25) is 9.36 Å². The normalized spacial score (nSPS) is 17.8. The van der Waals surface area contributed by atoms with Crippen molar-refractivity contribution in [1.82, 2.24) is 14.9 Å². The number of ether oxygens (including phenoxy) is 3. The number of carbonyl (C=O) groups is 3. The summed E-state index contributed by atoms with van der Waals surface area (Å²) in [5.74, 6) is -0.738. The fourth-order valence-corrected chi connectivity index (χ4v) is 4.40. The molecular weight excluding hydrogens is 544 g/mol. The Kier molecular flexibility index (Phi) is 11.2. The van der Waals surface area contributed by atoms with Crippen LogP contribution in [-0.4, -0.2) is 58.0 Å². The summed E-state index contributed by atoms with van der Waals surface area (Å²) in [6.07, 6.45) is 0.943. The van der Waals surface area contributed by atoms with Gasteiger partial charge in [0.1, 0.15) is 30.9 Å². The van der Waals surface area contributed by atoms with Gasteiger partial charge in [-0.1, -0.05) is 55.0 Å². The maximum Gasteiger partial charge on any atom is 0.407 e. The third-order valence-corrected chi connectivity index (χ3v) is 6.60. The van der Waals surface area contributed by atoms with Crippen molar-refractivity contribution in [3.05, 3.63) is 94.5 Å². The van der Waals surface area contributed by atoms with Gasteiger partial charge in [0.25, 0.3) is 0 Å². The molecular formula is C30H34N4O8. The Balaban J connectivity index is 1.16. The second-order valence-corrected chi connectivity index (χ2v) is 9.71. The van der Waals surface area contributed by atoms with Crippen molar-refractivity contribution in [2.45, 2.75) is 57.1 Å². The van der Waals surface area contributed by atoms with E-state index in [4.69, 9.17) is 14.2 Å². The Bertz CT molecular complexity index is 1380. The number of aliphatic hydroxyl groups is 1. The molecule has 3 atom stereocenters. The van der Waals surface area contributed by atoms with E-state index in [9.17, 15) is 24.3 Å². The van der Waals surface area contributed by atoms with Crippen LogP contribution in [0.3, 0.4) is 0 Å². The molecule has 42 heavy (non-hydrogen) atoms. The summed E-state index contributed by atoms with van der Waals surface area (Å²) in [4.78, 5) is 53.1. The molecule has 1 aliphatic heterocycles. The second-order valence-electron chi connectivity index (χ2n) is 9.71. The van der Waals surface area contributed by atoms with Crippen LogP contribution in [0.1, 0.15) is 54.3 Å². The first-order chi connectivity index (χ1) is 20.4. The minimum atomic E-state index is -0.802. The van der Waals surface area contributed by atoms with Crippen molar-refractivity contribution in [2.75, 3.05) is 18.5 Å². The molecule has 0 bridgehead atoms. The van der Waals surface area contributed by atoms with Gasteiger partial charge in [0, 0.05) is 25.6 Å². The van der Waals surface area contributed by atoms with Gasteiger partial charge in [-0.15, -0.1) is 0 Å². The molecule has 2 aromatic carbocycles. The summed E-state index contributed by atoms with van der Waals surface area (Å²) in [7, 11) is 0. The second kappa shape index (κ2) is 15.5. The standard InChI is InChI=1S/C30H34N4O8/c35-19-24-23(42-28(37)22-12-6-2-7-13-22)18-27(41-24)34-17-15-25(33-29(34)38)32-26(36)14-8-3-9-16-31-30(39)40-20-21-10-4-1-5-11-21/h1-2,4-7,10-13,15,17,23-24,27,35H,3,8-9,14,16,18-20H2,(H,31,39)(H,32,33,36,38)/t23-,24+,27+/m0/s1. The summed E-state index contributed by atoms with van der Waals surface area (Å²) < 4.78 is 17.7. The summed E-state index contributed by atoms with van der Waals surface area (Å²) >= 11 is 0. The third-order valence-electron chi connectivity index (χ3n) is 6.60. The zero-order valence-electron chi connectivity index (χ0n) is 23.0. The number of anilines is 1. The van der Waals surface area contributed by atoms with Gasteiger partial charge < -0.3 is 30.0 Å². The van der Waals surface area contributed by atoms with Crippen LogP contribution in [0.15, 0.2) is 77.7 Å². The lowest BCUT2D eigenvalue weighted by Gasteiger charge is -2.16. The fourth-order valence-electron chi connectivity index (χ4n) is 4.40. The number of aromatic nitrogens is 2. The maximum atomic E-state index is 12.7. The number of amides is 2. The Morgan fingerprint density at radius 1 is 1.00 bits per heavy atom. The van der Waals surface area contributed by atoms with Gasteiger partial charge in [-0.05, 0) is 36.6 Å². The average molecular weight is 579 g/mol. The smallest absolute Gasteiger partial charge is 0.407 e. The van der Waals surface area contributed by atoms with Crippen LogP contribution >= 0.6 is 0 Å². The molecule has 0 unspecified atom stereocenters. The van der Waals surface area contributed by atoms with Crippen LogP contribution in [0.2, 0.25) is 0 Å². The van der Waals surface area contributed by atoms with Crippen molar-refractivity contribution in [2.24, 2.45) is 0 Å². The maximum absolute atomic E-state index is 12.7. The van der Waals surface area contributed by atoms with Gasteiger partial charge in [0.2, 0.25) is 5.91 Å². The summed E-state index contributed by atoms with van der Waals surface area (Å²) in [5.41, 5.74) is 0.616. The van der Waals surface area contributed by atoms with E-state index in [2.05, 4.69) is 15.6 Å². The van der Waals surface area contributed by atoms with Crippen molar-refractivity contribution in [3.8, 4) is 0 Å². The highest BCUT2D eigenvalue weighted by Gasteiger charge is 2.39. The molecule has 0 spiro atoms. The van der Waals surface area contributed by atoms with E-state index in [0.29, 0.717) is 31.4 Å². The topological polar surface area (TPSA) is 158 Å². The lowest BCUT2D eigenvalue weighted by atomic mass is 10.1. The molecule has 1 aromatic heterocycles. The van der Waals surface area contributed by atoms with Crippen molar-refractivity contribution >= 4 is 23.8 Å². The molecule has 2 heterocycles. The van der Waals surface area contributed by atoms with E-state index in [1.165, 1.54) is 16.8 Å². The fraction of sp³-hybridized carbons (Fsp3) is 0.367. The monoisotopic (exact) mass is 578 g/mol. The molecule has 222 valence electrons. The number of rotatable bonds is 13. The molecule has 0 saturated carbocycles. The molecule has 1 aliphatic rings. The largest absolute Gasteiger partial charge is 0.456 e. The average Bonchev–Trinajstić information content (AvgIpc) is 3.41. The first-order valence-corrected chi connectivity index (χ1v) is 13.8. The Labute approximate surface area is 242 Å². The molecule has 3 aromatic rings. The lowest BCUT2D eigenvalue weighted by Crippen LogP contribution is -2.30. The van der Waals surface area contributed by atoms with E-state index in [1.807, 2.05) is 30.3 Å². The minimum absolute atomic E-state index is 0.104. The molecule has 0 aliphatic carbocycles. The number of hydrogen-bond donors (Lipinski definition) is 3. The third kappa shape index (κ3) is 8.98. The number of nitrogens with one attached hydrogen (secondary N) is 2. The number of esters is 1. The van der Waals surface area contributed by atoms with Gasteiger partial charge >= 0.3 is 17.8 Å². The molecule has 4 rings (SSSR count). The zero-order chi connectivity index (χ0) is 29.7. The highest BCUT2D eigenvalue weighted by Crippen LogP contribution is 2.30. The van der Waals surface area contributed by atoms with Gasteiger partial charge in [-0.25, -0.2) is 14.4 Å². The number of aliphatic hydroxyl groups excluding tert-OH is 1. The van der Waals surface area contributed by atoms with Crippen molar-refractivity contribution in [3.63, 3.8) is 0 Å². The number of unbranched alkanes of at least 4 members (excludes halogenated alkanes) is 2. The Hall–Kier alpha value is -4.55. The van der Waals surface area contributed by atoms with Crippen molar-refractivity contribution in [1.29, 1.82) is 0 Å². The van der Waals surface area contributed by atoms with Gasteiger partial charge in [0.05, 0.1) is 12.2 Å². The van der Waals surface area contributed by atoms with Gasteiger partial charge in [-0.2, -0.15) is 4.98 Å². The predicted octanol–water partition coefficient (Wildman–Crippen LogP) is 3.17. The van der Waals surface area contributed by atoms with E-state index in [0.717, 1.165) is 5.56 Å². The first-order valence-electron chi connectivity index (χ1n) is 13.8. The van der Waals surface area contributed by atoms with E-state index >= 15 is 0 Å². The van der Waals surface area contributed by atoms with Crippen LogP contribution in [0.5, 0.6) is 0 Å². The van der Waals surface area contributed by atoms with E-state index < -0.39 is 42.8 Å². The summed E-state index contributed by atoms with van der Waals surface area (Å²) in [6.45, 7) is 0.239. The predicted molar refractivity (Wildman–Crippen MR) is 151 cm³/mol. The Morgan fingerprint density at radius 3 is 2.45 bits per heavy atom. The number of benzene rings is 2. The van der Waals surface area contributed by atoms with E-state index in [1.54, 1.807) is 30.3 Å². The SMILES string of the molecule is O=C(CCCCCNC(=O)OCc1ccccc1)Nc1ccn([C@H]2C[C@H](OC(=O)c3ccccc3)[C@@H](CO)O2)c(=O)n1. The zero-order valence-corrected chi connectivity index (χ0v) is 23.0. The van der Waals surface area contributed by atoms with Crippen LogP contribution in [-0.2, 0) is 25.6 Å². The van der Waals surface area contributed by atoms with Crippen molar-refractivity contribution < 1.29 is 33.7 Å².